The average Bonchev–Trinajstić information content (AvgIpc) is 3.33. The molecule has 3 aromatic rings. The number of rotatable bonds is 4. The highest BCUT2D eigenvalue weighted by molar-refractivity contribution is 5.99. The van der Waals surface area contributed by atoms with E-state index in [1.165, 1.54) is 48.7 Å². The SMILES string of the molecule is O=C(NNC(=O)c1ccc(-n2cnnn2)cc1)c1ccc(C2CCCCC2)cc1. The zero-order valence-electron chi connectivity index (χ0n) is 15.9. The Morgan fingerprint density at radius 3 is 1.97 bits per heavy atom. The zero-order valence-corrected chi connectivity index (χ0v) is 15.9. The molecule has 2 N–H and O–H groups in total. The Morgan fingerprint density at radius 2 is 1.41 bits per heavy atom. The normalized spacial score (nSPS) is 14.3. The number of carbonyl (C=O) groups is 2. The molecule has 148 valence electrons. The van der Waals surface area contributed by atoms with Gasteiger partial charge in [-0.1, -0.05) is 31.4 Å². The van der Waals surface area contributed by atoms with Crippen molar-refractivity contribution in [2.24, 2.45) is 0 Å². The molecule has 4 rings (SSSR count). The van der Waals surface area contributed by atoms with Crippen LogP contribution in [0.3, 0.4) is 0 Å². The van der Waals surface area contributed by atoms with Gasteiger partial charge in [-0.3, -0.25) is 20.4 Å². The van der Waals surface area contributed by atoms with Gasteiger partial charge in [-0.2, -0.15) is 0 Å². The van der Waals surface area contributed by atoms with E-state index in [0.717, 1.165) is 5.69 Å². The summed E-state index contributed by atoms with van der Waals surface area (Å²) >= 11 is 0. The minimum Gasteiger partial charge on any atom is -0.267 e. The number of carbonyl (C=O) groups excluding carboxylic acids is 2. The summed E-state index contributed by atoms with van der Waals surface area (Å²) in [7, 11) is 0. The lowest BCUT2D eigenvalue weighted by molar-refractivity contribution is 0.0846. The van der Waals surface area contributed by atoms with Crippen molar-refractivity contribution >= 4 is 11.8 Å². The smallest absolute Gasteiger partial charge is 0.267 e. The van der Waals surface area contributed by atoms with Crippen LogP contribution in [0.2, 0.25) is 0 Å². The van der Waals surface area contributed by atoms with Crippen LogP contribution in [0.15, 0.2) is 54.9 Å². The molecule has 0 spiro atoms. The molecule has 2 amide bonds. The molecule has 0 saturated heterocycles. The largest absolute Gasteiger partial charge is 0.269 e. The second-order valence-electron chi connectivity index (χ2n) is 7.17. The summed E-state index contributed by atoms with van der Waals surface area (Å²) in [6.07, 6.45) is 7.76. The van der Waals surface area contributed by atoms with Crippen molar-refractivity contribution in [1.29, 1.82) is 0 Å². The van der Waals surface area contributed by atoms with Gasteiger partial charge in [-0.15, -0.1) is 5.10 Å². The van der Waals surface area contributed by atoms with Gasteiger partial charge < -0.3 is 0 Å². The number of hydrogen-bond acceptors (Lipinski definition) is 5. The van der Waals surface area contributed by atoms with Crippen molar-refractivity contribution in [1.82, 2.24) is 31.1 Å². The van der Waals surface area contributed by atoms with Gasteiger partial charge >= 0.3 is 0 Å². The van der Waals surface area contributed by atoms with Crippen LogP contribution in [0.25, 0.3) is 5.69 Å². The molecule has 2 aromatic carbocycles. The topological polar surface area (TPSA) is 102 Å². The molecule has 1 heterocycles. The van der Waals surface area contributed by atoms with E-state index in [2.05, 4.69) is 26.4 Å². The van der Waals surface area contributed by atoms with Crippen LogP contribution in [-0.2, 0) is 0 Å². The highest BCUT2D eigenvalue weighted by Crippen LogP contribution is 2.32. The summed E-state index contributed by atoms with van der Waals surface area (Å²) in [5, 5.41) is 10.9. The average molecular weight is 390 g/mol. The lowest BCUT2D eigenvalue weighted by atomic mass is 9.84. The highest BCUT2D eigenvalue weighted by Gasteiger charge is 2.16. The number of benzene rings is 2. The third-order valence-electron chi connectivity index (χ3n) is 5.28. The maximum atomic E-state index is 12.3. The number of hydrazine groups is 1. The molecule has 1 aliphatic carbocycles. The highest BCUT2D eigenvalue weighted by atomic mass is 16.2. The minimum atomic E-state index is -0.402. The van der Waals surface area contributed by atoms with Crippen LogP contribution in [0.5, 0.6) is 0 Å². The van der Waals surface area contributed by atoms with Crippen LogP contribution < -0.4 is 10.9 Å². The molecule has 8 nitrogen and oxygen atoms in total. The summed E-state index contributed by atoms with van der Waals surface area (Å²) in [4.78, 5) is 24.6. The van der Waals surface area contributed by atoms with Crippen LogP contribution >= 0.6 is 0 Å². The molecule has 0 radical (unpaired) electrons. The van der Waals surface area contributed by atoms with Gasteiger partial charge in [0.1, 0.15) is 6.33 Å². The van der Waals surface area contributed by atoms with Crippen LogP contribution in [0.4, 0.5) is 0 Å². The molecular weight excluding hydrogens is 368 g/mol. The Kier molecular flexibility index (Phi) is 5.60. The summed E-state index contributed by atoms with van der Waals surface area (Å²) in [5.74, 6) is -0.156. The van der Waals surface area contributed by atoms with Gasteiger partial charge in [0.05, 0.1) is 5.69 Å². The van der Waals surface area contributed by atoms with Gasteiger partial charge in [0.15, 0.2) is 0 Å². The Bertz CT molecular complexity index is 961. The lowest BCUT2D eigenvalue weighted by Crippen LogP contribution is -2.41. The monoisotopic (exact) mass is 390 g/mol. The number of nitrogens with zero attached hydrogens (tertiary/aromatic N) is 4. The predicted octanol–water partition coefficient (Wildman–Crippen LogP) is 2.78. The molecule has 1 fully saturated rings. The van der Waals surface area contributed by atoms with E-state index in [0.29, 0.717) is 17.0 Å². The third kappa shape index (κ3) is 4.48. The van der Waals surface area contributed by atoms with Crippen molar-refractivity contribution in [2.45, 2.75) is 38.0 Å². The fourth-order valence-corrected chi connectivity index (χ4v) is 3.65. The Hall–Kier alpha value is -3.55. The second kappa shape index (κ2) is 8.64. The number of amides is 2. The molecule has 0 bridgehead atoms. The maximum absolute atomic E-state index is 12.3. The van der Waals surface area contributed by atoms with E-state index in [1.807, 2.05) is 24.3 Å². The molecule has 1 saturated carbocycles. The molecule has 1 aliphatic rings. The van der Waals surface area contributed by atoms with Gasteiger partial charge in [0.2, 0.25) is 0 Å². The summed E-state index contributed by atoms with van der Waals surface area (Å²) in [5.41, 5.74) is 7.85. The van der Waals surface area contributed by atoms with Crippen molar-refractivity contribution in [3.63, 3.8) is 0 Å². The zero-order chi connectivity index (χ0) is 20.1. The number of aromatic nitrogens is 4. The standard InChI is InChI=1S/C21H22N6O2/c28-20(17-8-6-16(7-9-17)15-4-2-1-3-5-15)23-24-21(29)18-10-12-19(13-11-18)27-14-22-25-26-27/h6-15H,1-5H2,(H,23,28)(H,24,29). The molecule has 29 heavy (non-hydrogen) atoms. The van der Waals surface area contributed by atoms with E-state index >= 15 is 0 Å². The predicted molar refractivity (Wildman–Crippen MR) is 106 cm³/mol. The van der Waals surface area contributed by atoms with E-state index in [9.17, 15) is 9.59 Å². The van der Waals surface area contributed by atoms with Crippen molar-refractivity contribution in [3.8, 4) is 5.69 Å². The van der Waals surface area contributed by atoms with Crippen molar-refractivity contribution in [2.75, 3.05) is 0 Å². The quantitative estimate of drug-likeness (QED) is 0.667. The van der Waals surface area contributed by atoms with Gasteiger partial charge in [-0.05, 0) is 71.1 Å². The molecule has 0 aliphatic heterocycles. The first kappa shape index (κ1) is 18.8. The van der Waals surface area contributed by atoms with E-state index in [1.54, 1.807) is 24.3 Å². The molecule has 8 heteroatoms. The Morgan fingerprint density at radius 1 is 0.828 bits per heavy atom. The van der Waals surface area contributed by atoms with E-state index < -0.39 is 5.91 Å². The van der Waals surface area contributed by atoms with Gasteiger partial charge in [-0.25, -0.2) is 4.68 Å². The molecule has 0 atom stereocenters. The Balaban J connectivity index is 1.32. The van der Waals surface area contributed by atoms with E-state index in [4.69, 9.17) is 0 Å². The first-order valence-electron chi connectivity index (χ1n) is 9.75. The maximum Gasteiger partial charge on any atom is 0.269 e. The summed E-state index contributed by atoms with van der Waals surface area (Å²) in [6, 6.07) is 14.4. The number of tetrazole rings is 1. The summed E-state index contributed by atoms with van der Waals surface area (Å²) < 4.78 is 1.49. The van der Waals surface area contributed by atoms with Crippen molar-refractivity contribution in [3.05, 3.63) is 71.5 Å². The fourth-order valence-electron chi connectivity index (χ4n) is 3.65. The Labute approximate surface area is 168 Å². The number of nitrogens with one attached hydrogen (secondary N) is 2. The first-order chi connectivity index (χ1) is 14.2. The van der Waals surface area contributed by atoms with Gasteiger partial charge in [0, 0.05) is 11.1 Å². The fraction of sp³-hybridized carbons (Fsp3) is 0.286. The van der Waals surface area contributed by atoms with Crippen LogP contribution in [0, 0.1) is 0 Å². The molecule has 0 unspecified atom stereocenters. The molecular formula is C21H22N6O2. The van der Waals surface area contributed by atoms with E-state index in [-0.39, 0.29) is 5.91 Å². The molecule has 1 aromatic heterocycles. The second-order valence-corrected chi connectivity index (χ2v) is 7.17. The summed E-state index contributed by atoms with van der Waals surface area (Å²) in [6.45, 7) is 0. The first-order valence-corrected chi connectivity index (χ1v) is 9.75. The van der Waals surface area contributed by atoms with Crippen molar-refractivity contribution < 1.29 is 9.59 Å². The minimum absolute atomic E-state index is 0.348. The lowest BCUT2D eigenvalue weighted by Gasteiger charge is -2.22. The van der Waals surface area contributed by atoms with Crippen LogP contribution in [0.1, 0.15) is 64.3 Å². The number of hydrogen-bond donors (Lipinski definition) is 2. The van der Waals surface area contributed by atoms with Crippen LogP contribution in [-0.4, -0.2) is 32.0 Å². The van der Waals surface area contributed by atoms with Gasteiger partial charge in [0.25, 0.3) is 11.8 Å². The third-order valence-corrected chi connectivity index (χ3v) is 5.28.